The number of hydrogen-bond donors (Lipinski definition) is 0. The molecule has 1 saturated carbocycles. The summed E-state index contributed by atoms with van der Waals surface area (Å²) >= 11 is 0. The Morgan fingerprint density at radius 2 is 1.55 bits per heavy atom. The molecular formula is C18H18OSi. The maximum absolute atomic E-state index is 6.31. The predicted molar refractivity (Wildman–Crippen MR) is 85.7 cm³/mol. The molecule has 1 aliphatic carbocycles. The molecule has 0 unspecified atom stereocenters. The van der Waals surface area contributed by atoms with Gasteiger partial charge in [0, 0.05) is 12.5 Å². The molecule has 0 aromatic heterocycles. The van der Waals surface area contributed by atoms with Crippen LogP contribution in [0, 0.1) is 24.2 Å². The zero-order chi connectivity index (χ0) is 13.8. The van der Waals surface area contributed by atoms with Crippen molar-refractivity contribution in [1.82, 2.24) is 0 Å². The van der Waals surface area contributed by atoms with Gasteiger partial charge in [0.05, 0.1) is 0 Å². The lowest BCUT2D eigenvalue weighted by molar-refractivity contribution is 0.309. The lowest BCUT2D eigenvalue weighted by Crippen LogP contribution is -2.45. The molecule has 20 heavy (non-hydrogen) atoms. The van der Waals surface area contributed by atoms with Gasteiger partial charge >= 0.3 is 0 Å². The Morgan fingerprint density at radius 1 is 1.00 bits per heavy atom. The third-order valence-corrected chi connectivity index (χ3v) is 6.32. The molecule has 1 fully saturated rings. The monoisotopic (exact) mass is 278 g/mol. The standard InChI is InChI=1S/C18H18OSi/c1-2-15-13-16(15)14-19-20(17-9-5-3-6-10-17)18-11-7-4-8-12-18/h1,3-12,15-16,20H,13-14H2/t15-,16+/m1/s1. The summed E-state index contributed by atoms with van der Waals surface area (Å²) < 4.78 is 6.31. The molecule has 2 atom stereocenters. The summed E-state index contributed by atoms with van der Waals surface area (Å²) in [6.45, 7) is 0.801. The van der Waals surface area contributed by atoms with E-state index in [2.05, 4.69) is 66.6 Å². The molecule has 0 aliphatic heterocycles. The molecule has 0 heterocycles. The molecule has 0 spiro atoms. The maximum Gasteiger partial charge on any atom is 0.239 e. The second-order valence-corrected chi connectivity index (χ2v) is 7.73. The lowest BCUT2D eigenvalue weighted by Gasteiger charge is -2.17. The van der Waals surface area contributed by atoms with Crippen LogP contribution in [0.2, 0.25) is 0 Å². The van der Waals surface area contributed by atoms with Crippen molar-refractivity contribution in [3.8, 4) is 12.3 Å². The Hall–Kier alpha value is -1.82. The molecule has 3 rings (SSSR count). The quantitative estimate of drug-likeness (QED) is 0.599. The van der Waals surface area contributed by atoms with Gasteiger partial charge in [-0.2, -0.15) is 0 Å². The fourth-order valence-corrected chi connectivity index (χ4v) is 4.85. The highest BCUT2D eigenvalue weighted by molar-refractivity contribution is 6.80. The average molecular weight is 278 g/mol. The number of benzene rings is 2. The normalized spacial score (nSPS) is 20.6. The lowest BCUT2D eigenvalue weighted by atomic mass is 10.3. The summed E-state index contributed by atoms with van der Waals surface area (Å²) in [5.41, 5.74) is 0. The second kappa shape index (κ2) is 6.09. The minimum absolute atomic E-state index is 0.441. The Kier molecular flexibility index (Phi) is 4.01. The van der Waals surface area contributed by atoms with Gasteiger partial charge in [-0.25, -0.2) is 0 Å². The summed E-state index contributed by atoms with van der Waals surface area (Å²) in [6.07, 6.45) is 6.58. The predicted octanol–water partition coefficient (Wildman–Crippen LogP) is 1.81. The molecule has 2 aromatic rings. The van der Waals surface area contributed by atoms with Crippen LogP contribution in [0.4, 0.5) is 0 Å². The van der Waals surface area contributed by atoms with E-state index in [1.54, 1.807) is 0 Å². The first kappa shape index (κ1) is 13.2. The third kappa shape index (κ3) is 3.01. The van der Waals surface area contributed by atoms with Gasteiger partial charge in [0.1, 0.15) is 0 Å². The van der Waals surface area contributed by atoms with E-state index in [-0.39, 0.29) is 0 Å². The van der Waals surface area contributed by atoms with Crippen LogP contribution in [-0.2, 0) is 4.43 Å². The van der Waals surface area contributed by atoms with Crippen LogP contribution < -0.4 is 10.4 Å². The SMILES string of the molecule is C#C[C@@H]1C[C@H]1CO[SiH](c1ccccc1)c1ccccc1. The molecule has 0 radical (unpaired) electrons. The van der Waals surface area contributed by atoms with Crippen molar-refractivity contribution in [3.05, 3.63) is 60.7 Å². The van der Waals surface area contributed by atoms with Crippen molar-refractivity contribution in [3.63, 3.8) is 0 Å². The maximum atomic E-state index is 6.31. The van der Waals surface area contributed by atoms with E-state index in [0.29, 0.717) is 11.8 Å². The Labute approximate surface area is 122 Å². The molecule has 0 amide bonds. The molecule has 2 heteroatoms. The van der Waals surface area contributed by atoms with Crippen LogP contribution in [0.3, 0.4) is 0 Å². The fraction of sp³-hybridized carbons (Fsp3) is 0.222. The highest BCUT2D eigenvalue weighted by atomic mass is 28.3. The van der Waals surface area contributed by atoms with Crippen LogP contribution in [0.1, 0.15) is 6.42 Å². The van der Waals surface area contributed by atoms with E-state index in [0.717, 1.165) is 13.0 Å². The fourth-order valence-electron chi connectivity index (χ4n) is 2.50. The van der Waals surface area contributed by atoms with Crippen LogP contribution >= 0.6 is 0 Å². The summed E-state index contributed by atoms with van der Waals surface area (Å²) in [6, 6.07) is 21.2. The Morgan fingerprint density at radius 3 is 2.00 bits per heavy atom. The van der Waals surface area contributed by atoms with Crippen LogP contribution in [-0.4, -0.2) is 15.6 Å². The zero-order valence-electron chi connectivity index (χ0n) is 11.4. The second-order valence-electron chi connectivity index (χ2n) is 5.30. The van der Waals surface area contributed by atoms with Gasteiger partial charge in [-0.1, -0.05) is 60.7 Å². The Bertz CT molecular complexity index is 548. The summed E-state index contributed by atoms with van der Waals surface area (Å²) in [7, 11) is -1.57. The minimum Gasteiger partial charge on any atom is -0.411 e. The average Bonchev–Trinajstić information content (AvgIpc) is 3.28. The molecule has 2 aromatic carbocycles. The van der Waals surface area contributed by atoms with Crippen LogP contribution in [0.5, 0.6) is 0 Å². The van der Waals surface area contributed by atoms with Gasteiger partial charge in [0.2, 0.25) is 9.04 Å². The topological polar surface area (TPSA) is 9.23 Å². The minimum atomic E-state index is -1.57. The van der Waals surface area contributed by atoms with Gasteiger partial charge in [-0.05, 0) is 22.7 Å². The van der Waals surface area contributed by atoms with Gasteiger partial charge < -0.3 is 4.43 Å². The van der Waals surface area contributed by atoms with Gasteiger partial charge in [-0.15, -0.1) is 12.3 Å². The largest absolute Gasteiger partial charge is 0.411 e. The number of terminal acetylenes is 1. The van der Waals surface area contributed by atoms with E-state index < -0.39 is 9.04 Å². The van der Waals surface area contributed by atoms with Crippen LogP contribution in [0.25, 0.3) is 0 Å². The molecular weight excluding hydrogens is 260 g/mol. The molecule has 100 valence electrons. The summed E-state index contributed by atoms with van der Waals surface area (Å²) in [5.74, 6) is 3.84. The van der Waals surface area contributed by atoms with Gasteiger partial charge in [0.15, 0.2) is 0 Å². The number of hydrogen-bond acceptors (Lipinski definition) is 1. The van der Waals surface area contributed by atoms with Crippen molar-refractivity contribution < 1.29 is 4.43 Å². The van der Waals surface area contributed by atoms with Crippen molar-refractivity contribution in [2.24, 2.45) is 11.8 Å². The molecule has 0 saturated heterocycles. The van der Waals surface area contributed by atoms with E-state index in [9.17, 15) is 0 Å². The molecule has 1 aliphatic rings. The van der Waals surface area contributed by atoms with E-state index in [1.165, 1.54) is 10.4 Å². The zero-order valence-corrected chi connectivity index (χ0v) is 12.6. The smallest absolute Gasteiger partial charge is 0.239 e. The van der Waals surface area contributed by atoms with E-state index >= 15 is 0 Å². The molecule has 0 bridgehead atoms. The van der Waals surface area contributed by atoms with Crippen molar-refractivity contribution in [2.75, 3.05) is 6.61 Å². The number of rotatable bonds is 5. The third-order valence-electron chi connectivity index (χ3n) is 3.82. The first-order chi connectivity index (χ1) is 9.88. The van der Waals surface area contributed by atoms with Gasteiger partial charge in [-0.3, -0.25) is 0 Å². The van der Waals surface area contributed by atoms with E-state index in [1.807, 2.05) is 0 Å². The Balaban J connectivity index is 1.76. The van der Waals surface area contributed by atoms with Crippen LogP contribution in [0.15, 0.2) is 60.7 Å². The highest BCUT2D eigenvalue weighted by Gasteiger charge is 2.36. The summed E-state index contributed by atoms with van der Waals surface area (Å²) in [5, 5.41) is 2.66. The first-order valence-electron chi connectivity index (χ1n) is 7.06. The molecule has 1 nitrogen and oxygen atoms in total. The van der Waals surface area contributed by atoms with Crippen molar-refractivity contribution in [2.45, 2.75) is 6.42 Å². The van der Waals surface area contributed by atoms with Crippen molar-refractivity contribution in [1.29, 1.82) is 0 Å². The summed E-state index contributed by atoms with van der Waals surface area (Å²) in [4.78, 5) is 0. The van der Waals surface area contributed by atoms with Crippen molar-refractivity contribution >= 4 is 19.4 Å². The van der Waals surface area contributed by atoms with Gasteiger partial charge in [0.25, 0.3) is 0 Å². The first-order valence-corrected chi connectivity index (χ1v) is 8.68. The highest BCUT2D eigenvalue weighted by Crippen LogP contribution is 2.37. The molecule has 0 N–H and O–H groups in total. The van der Waals surface area contributed by atoms with E-state index in [4.69, 9.17) is 10.8 Å².